The molecule has 2 fully saturated rings. The first-order valence-corrected chi connectivity index (χ1v) is 9.01. The van der Waals surface area contributed by atoms with Gasteiger partial charge in [-0.3, -0.25) is 0 Å². The maximum Gasteiger partial charge on any atom is 0.320 e. The van der Waals surface area contributed by atoms with E-state index >= 15 is 0 Å². The fourth-order valence-electron chi connectivity index (χ4n) is 4.01. The van der Waals surface area contributed by atoms with Crippen LogP contribution in [0.15, 0.2) is 30.5 Å². The quantitative estimate of drug-likeness (QED) is 0.875. The van der Waals surface area contributed by atoms with Crippen molar-refractivity contribution in [2.75, 3.05) is 46.3 Å². The highest BCUT2D eigenvalue weighted by Gasteiger charge is 2.29. The fourth-order valence-corrected chi connectivity index (χ4v) is 4.01. The number of nitrogens with zero attached hydrogens (tertiary/aromatic N) is 3. The molecule has 2 saturated heterocycles. The van der Waals surface area contributed by atoms with Gasteiger partial charge in [0.05, 0.1) is 0 Å². The van der Waals surface area contributed by atoms with E-state index in [0.717, 1.165) is 52.1 Å². The lowest BCUT2D eigenvalue weighted by Gasteiger charge is -2.39. The summed E-state index contributed by atoms with van der Waals surface area (Å²) in [5.74, 6) is 0.553. The number of aromatic nitrogens is 1. The summed E-state index contributed by atoms with van der Waals surface area (Å²) in [6.45, 7) is 5.43. The summed E-state index contributed by atoms with van der Waals surface area (Å²) in [5, 5.41) is 1.33. The number of carbonyl (C=O) groups excluding carboxylic acids is 1. The van der Waals surface area contributed by atoms with Gasteiger partial charge in [-0.15, -0.1) is 0 Å². The number of carbonyl (C=O) groups is 1. The molecule has 1 aromatic carbocycles. The zero-order valence-electron chi connectivity index (χ0n) is 14.4. The summed E-state index contributed by atoms with van der Waals surface area (Å²) in [7, 11) is 2.12. The molecule has 2 amide bonds. The number of urea groups is 1. The standard InChI is InChI=1S/C19H26N4O/c1-21-10-12-23(13-11-21)19(24)22-8-6-15(7-9-22)17-14-20-18-5-3-2-4-16(17)18/h2-5,14-15,20H,6-13H2,1H3. The molecular formula is C19H26N4O. The molecule has 2 aromatic rings. The minimum Gasteiger partial charge on any atom is -0.361 e. The number of likely N-dealkylation sites (tertiary alicyclic amines) is 1. The highest BCUT2D eigenvalue weighted by Crippen LogP contribution is 2.33. The number of nitrogens with one attached hydrogen (secondary N) is 1. The molecule has 0 saturated carbocycles. The third-order valence-electron chi connectivity index (χ3n) is 5.60. The van der Waals surface area contributed by atoms with E-state index < -0.39 is 0 Å². The number of hydrogen-bond donors (Lipinski definition) is 1. The smallest absolute Gasteiger partial charge is 0.320 e. The minimum atomic E-state index is 0.237. The lowest BCUT2D eigenvalue weighted by molar-refractivity contribution is 0.113. The molecule has 4 rings (SSSR count). The second kappa shape index (κ2) is 6.48. The molecule has 1 aromatic heterocycles. The summed E-state index contributed by atoms with van der Waals surface area (Å²) >= 11 is 0. The van der Waals surface area contributed by atoms with Crippen molar-refractivity contribution in [3.05, 3.63) is 36.0 Å². The van der Waals surface area contributed by atoms with Crippen molar-refractivity contribution in [1.29, 1.82) is 0 Å². The third kappa shape index (κ3) is 2.88. The molecular weight excluding hydrogens is 300 g/mol. The van der Waals surface area contributed by atoms with Gasteiger partial charge in [0.25, 0.3) is 0 Å². The van der Waals surface area contributed by atoms with Gasteiger partial charge in [0, 0.05) is 56.4 Å². The molecule has 24 heavy (non-hydrogen) atoms. The van der Waals surface area contributed by atoms with Gasteiger partial charge in [-0.1, -0.05) is 18.2 Å². The molecule has 5 nitrogen and oxygen atoms in total. The maximum absolute atomic E-state index is 12.7. The molecule has 0 spiro atoms. The van der Waals surface area contributed by atoms with Crippen molar-refractivity contribution in [3.63, 3.8) is 0 Å². The third-order valence-corrected chi connectivity index (χ3v) is 5.60. The summed E-state index contributed by atoms with van der Waals surface area (Å²) in [5.41, 5.74) is 2.63. The van der Waals surface area contributed by atoms with Gasteiger partial charge in [0.1, 0.15) is 0 Å². The maximum atomic E-state index is 12.7. The fraction of sp³-hybridized carbons (Fsp3) is 0.526. The Morgan fingerprint density at radius 3 is 2.42 bits per heavy atom. The van der Waals surface area contributed by atoms with E-state index in [1.54, 1.807) is 0 Å². The number of likely N-dealkylation sites (N-methyl/N-ethyl adjacent to an activating group) is 1. The first kappa shape index (κ1) is 15.5. The van der Waals surface area contributed by atoms with Crippen molar-refractivity contribution in [2.24, 2.45) is 0 Å². The van der Waals surface area contributed by atoms with Crippen LogP contribution >= 0.6 is 0 Å². The van der Waals surface area contributed by atoms with Crippen LogP contribution in [-0.2, 0) is 0 Å². The summed E-state index contributed by atoms with van der Waals surface area (Å²) in [6.07, 6.45) is 4.27. The number of H-pyrrole nitrogens is 1. The molecule has 0 aliphatic carbocycles. The summed E-state index contributed by atoms with van der Waals surface area (Å²) < 4.78 is 0. The summed E-state index contributed by atoms with van der Waals surface area (Å²) in [6, 6.07) is 8.74. The Hall–Kier alpha value is -2.01. The highest BCUT2D eigenvalue weighted by atomic mass is 16.2. The van der Waals surface area contributed by atoms with Crippen LogP contribution in [0, 0.1) is 0 Å². The van der Waals surface area contributed by atoms with Crippen molar-refractivity contribution in [1.82, 2.24) is 19.7 Å². The number of aromatic amines is 1. The Kier molecular flexibility index (Phi) is 4.19. The lowest BCUT2D eigenvalue weighted by atomic mass is 9.89. The van der Waals surface area contributed by atoms with Crippen molar-refractivity contribution in [2.45, 2.75) is 18.8 Å². The Labute approximate surface area is 143 Å². The summed E-state index contributed by atoms with van der Waals surface area (Å²) in [4.78, 5) is 22.4. The molecule has 2 aliphatic rings. The van der Waals surface area contributed by atoms with Crippen LogP contribution in [0.25, 0.3) is 10.9 Å². The average Bonchev–Trinajstić information content (AvgIpc) is 3.06. The number of piperazine rings is 1. The minimum absolute atomic E-state index is 0.237. The second-order valence-corrected chi connectivity index (χ2v) is 7.12. The number of para-hydroxylation sites is 1. The van der Waals surface area contributed by atoms with Crippen LogP contribution in [0.1, 0.15) is 24.3 Å². The number of fused-ring (bicyclic) bond motifs is 1. The van der Waals surface area contributed by atoms with Crippen LogP contribution in [0.4, 0.5) is 4.79 Å². The molecule has 3 heterocycles. The van der Waals surface area contributed by atoms with Gasteiger partial charge in [0.15, 0.2) is 0 Å². The normalized spacial score (nSPS) is 20.7. The van der Waals surface area contributed by atoms with Gasteiger partial charge in [-0.25, -0.2) is 4.79 Å². The number of benzene rings is 1. The second-order valence-electron chi connectivity index (χ2n) is 7.12. The van der Waals surface area contributed by atoms with Gasteiger partial charge in [-0.2, -0.15) is 0 Å². The van der Waals surface area contributed by atoms with E-state index in [0.29, 0.717) is 5.92 Å². The number of rotatable bonds is 1. The zero-order valence-corrected chi connectivity index (χ0v) is 14.4. The number of hydrogen-bond acceptors (Lipinski definition) is 2. The predicted molar refractivity (Wildman–Crippen MR) is 96.3 cm³/mol. The van der Waals surface area contributed by atoms with Crippen molar-refractivity contribution >= 4 is 16.9 Å². The topological polar surface area (TPSA) is 42.6 Å². The van der Waals surface area contributed by atoms with Gasteiger partial charge in [0.2, 0.25) is 0 Å². The van der Waals surface area contributed by atoms with E-state index in [1.807, 2.05) is 4.90 Å². The van der Waals surface area contributed by atoms with E-state index in [4.69, 9.17) is 0 Å². The van der Waals surface area contributed by atoms with Gasteiger partial charge < -0.3 is 19.7 Å². The molecule has 0 radical (unpaired) electrons. The van der Waals surface area contributed by atoms with E-state index in [-0.39, 0.29) is 6.03 Å². The average molecular weight is 326 g/mol. The molecule has 1 N–H and O–H groups in total. The molecule has 2 aliphatic heterocycles. The predicted octanol–water partition coefficient (Wildman–Crippen LogP) is 2.71. The SMILES string of the molecule is CN1CCN(C(=O)N2CCC(c3c[nH]c4ccccc34)CC2)CC1. The van der Waals surface area contributed by atoms with Gasteiger partial charge in [-0.05, 0) is 37.4 Å². The molecule has 128 valence electrons. The van der Waals surface area contributed by atoms with Crippen LogP contribution in [0.2, 0.25) is 0 Å². The van der Waals surface area contributed by atoms with Crippen LogP contribution in [-0.4, -0.2) is 72.0 Å². The Morgan fingerprint density at radius 2 is 1.67 bits per heavy atom. The zero-order chi connectivity index (χ0) is 16.5. The number of amides is 2. The highest BCUT2D eigenvalue weighted by molar-refractivity contribution is 5.83. The van der Waals surface area contributed by atoms with E-state index in [1.165, 1.54) is 16.5 Å². The monoisotopic (exact) mass is 326 g/mol. The van der Waals surface area contributed by atoms with E-state index in [9.17, 15) is 4.79 Å². The molecule has 5 heteroatoms. The van der Waals surface area contributed by atoms with Gasteiger partial charge >= 0.3 is 6.03 Å². The first-order chi connectivity index (χ1) is 11.7. The Morgan fingerprint density at radius 1 is 1.00 bits per heavy atom. The molecule has 0 atom stereocenters. The van der Waals surface area contributed by atoms with E-state index in [2.05, 4.69) is 52.3 Å². The van der Waals surface area contributed by atoms with Crippen LogP contribution in [0.5, 0.6) is 0 Å². The largest absolute Gasteiger partial charge is 0.361 e. The van der Waals surface area contributed by atoms with Crippen LogP contribution < -0.4 is 0 Å². The Balaban J connectivity index is 1.39. The Bertz CT molecular complexity index is 709. The first-order valence-electron chi connectivity index (χ1n) is 9.01. The number of piperidine rings is 1. The molecule has 0 bridgehead atoms. The van der Waals surface area contributed by atoms with Crippen molar-refractivity contribution in [3.8, 4) is 0 Å². The van der Waals surface area contributed by atoms with Crippen molar-refractivity contribution < 1.29 is 4.79 Å². The lowest BCUT2D eigenvalue weighted by Crippen LogP contribution is -2.53. The molecule has 0 unspecified atom stereocenters. The van der Waals surface area contributed by atoms with Crippen LogP contribution in [0.3, 0.4) is 0 Å².